The van der Waals surface area contributed by atoms with Gasteiger partial charge in [-0.2, -0.15) is 5.26 Å². The SMILES string of the molecule is N#C/C(=C/c1ccc(F)cc1)Cn1cnc2ccccc21. The van der Waals surface area contributed by atoms with E-state index in [4.69, 9.17) is 0 Å². The van der Waals surface area contributed by atoms with Gasteiger partial charge in [-0.05, 0) is 35.9 Å². The molecule has 3 aromatic rings. The maximum absolute atomic E-state index is 12.9. The van der Waals surface area contributed by atoms with Gasteiger partial charge >= 0.3 is 0 Å². The minimum Gasteiger partial charge on any atom is -0.325 e. The van der Waals surface area contributed by atoms with Crippen LogP contribution in [0.15, 0.2) is 60.4 Å². The number of rotatable bonds is 3. The molecule has 0 aliphatic heterocycles. The summed E-state index contributed by atoms with van der Waals surface area (Å²) in [6.45, 7) is 0.439. The molecule has 0 atom stereocenters. The van der Waals surface area contributed by atoms with Gasteiger partial charge in [-0.1, -0.05) is 24.3 Å². The number of nitrogens with zero attached hydrogens (tertiary/aromatic N) is 3. The van der Waals surface area contributed by atoms with Crippen molar-refractivity contribution >= 4 is 17.1 Å². The average Bonchev–Trinajstić information content (AvgIpc) is 2.92. The van der Waals surface area contributed by atoms with Crippen LogP contribution in [0.5, 0.6) is 0 Å². The molecular formula is C17H12FN3. The highest BCUT2D eigenvalue weighted by molar-refractivity contribution is 5.75. The van der Waals surface area contributed by atoms with Gasteiger partial charge < -0.3 is 4.57 Å². The van der Waals surface area contributed by atoms with Gasteiger partial charge in [0.2, 0.25) is 0 Å². The van der Waals surface area contributed by atoms with Crippen LogP contribution >= 0.6 is 0 Å². The molecule has 0 bridgehead atoms. The largest absolute Gasteiger partial charge is 0.325 e. The first-order valence-corrected chi connectivity index (χ1v) is 6.52. The number of halogens is 1. The topological polar surface area (TPSA) is 41.6 Å². The molecule has 2 aromatic carbocycles. The molecule has 0 aliphatic rings. The predicted molar refractivity (Wildman–Crippen MR) is 79.7 cm³/mol. The molecule has 0 saturated heterocycles. The zero-order chi connectivity index (χ0) is 14.7. The lowest BCUT2D eigenvalue weighted by molar-refractivity contribution is 0.628. The third-order valence-electron chi connectivity index (χ3n) is 3.22. The van der Waals surface area contributed by atoms with Crippen LogP contribution in [-0.2, 0) is 6.54 Å². The number of benzene rings is 2. The Morgan fingerprint density at radius 2 is 1.95 bits per heavy atom. The van der Waals surface area contributed by atoms with E-state index in [1.165, 1.54) is 12.1 Å². The number of hydrogen-bond donors (Lipinski definition) is 0. The van der Waals surface area contributed by atoms with E-state index in [2.05, 4.69) is 11.1 Å². The van der Waals surface area contributed by atoms with Crippen LogP contribution in [0.2, 0.25) is 0 Å². The maximum atomic E-state index is 12.9. The molecule has 4 heteroatoms. The highest BCUT2D eigenvalue weighted by Gasteiger charge is 2.04. The lowest BCUT2D eigenvalue weighted by Crippen LogP contribution is -1.98. The molecule has 0 spiro atoms. The molecule has 0 unspecified atom stereocenters. The van der Waals surface area contributed by atoms with Gasteiger partial charge in [0.1, 0.15) is 5.82 Å². The summed E-state index contributed by atoms with van der Waals surface area (Å²) in [6.07, 6.45) is 3.48. The minimum absolute atomic E-state index is 0.286. The van der Waals surface area contributed by atoms with E-state index in [0.717, 1.165) is 16.6 Å². The van der Waals surface area contributed by atoms with Crippen molar-refractivity contribution in [3.63, 3.8) is 0 Å². The smallest absolute Gasteiger partial charge is 0.123 e. The summed E-state index contributed by atoms with van der Waals surface area (Å²) in [5, 5.41) is 9.29. The summed E-state index contributed by atoms with van der Waals surface area (Å²) in [4.78, 5) is 4.30. The van der Waals surface area contributed by atoms with Gasteiger partial charge in [0.25, 0.3) is 0 Å². The molecule has 0 aliphatic carbocycles. The number of para-hydroxylation sites is 2. The van der Waals surface area contributed by atoms with E-state index < -0.39 is 0 Å². The van der Waals surface area contributed by atoms with Crippen LogP contribution in [0.4, 0.5) is 4.39 Å². The van der Waals surface area contributed by atoms with Gasteiger partial charge in [0, 0.05) is 5.57 Å². The van der Waals surface area contributed by atoms with Crippen molar-refractivity contribution in [1.29, 1.82) is 5.26 Å². The Morgan fingerprint density at radius 3 is 2.71 bits per heavy atom. The molecule has 1 heterocycles. The van der Waals surface area contributed by atoms with E-state index >= 15 is 0 Å². The summed E-state index contributed by atoms with van der Waals surface area (Å²) in [5.41, 5.74) is 3.27. The third-order valence-corrected chi connectivity index (χ3v) is 3.22. The highest BCUT2D eigenvalue weighted by Crippen LogP contribution is 2.15. The zero-order valence-electron chi connectivity index (χ0n) is 11.2. The van der Waals surface area contributed by atoms with Crippen LogP contribution < -0.4 is 0 Å². The van der Waals surface area contributed by atoms with E-state index in [1.807, 2.05) is 28.8 Å². The number of nitriles is 1. The molecule has 0 amide bonds. The van der Waals surface area contributed by atoms with E-state index in [0.29, 0.717) is 12.1 Å². The molecule has 3 rings (SSSR count). The van der Waals surface area contributed by atoms with Crippen molar-refractivity contribution in [2.75, 3.05) is 0 Å². The standard InChI is InChI=1S/C17H12FN3/c18-15-7-5-13(6-8-15)9-14(10-19)11-21-12-20-16-3-1-2-4-17(16)21/h1-9,12H,11H2/b14-9-. The summed E-state index contributed by atoms with van der Waals surface area (Å²) in [7, 11) is 0. The van der Waals surface area contributed by atoms with Crippen molar-refractivity contribution in [2.45, 2.75) is 6.54 Å². The Bertz CT molecular complexity index is 838. The second kappa shape index (κ2) is 5.59. The maximum Gasteiger partial charge on any atom is 0.123 e. The Morgan fingerprint density at radius 1 is 1.19 bits per heavy atom. The Labute approximate surface area is 121 Å². The fourth-order valence-corrected chi connectivity index (χ4v) is 2.19. The second-order valence-corrected chi connectivity index (χ2v) is 4.69. The predicted octanol–water partition coefficient (Wildman–Crippen LogP) is 3.78. The first-order valence-electron chi connectivity index (χ1n) is 6.52. The van der Waals surface area contributed by atoms with Crippen molar-refractivity contribution in [3.05, 3.63) is 71.8 Å². The number of allylic oxidation sites excluding steroid dienone is 1. The number of imidazole rings is 1. The molecular weight excluding hydrogens is 265 g/mol. The van der Waals surface area contributed by atoms with Gasteiger partial charge in [-0.25, -0.2) is 9.37 Å². The van der Waals surface area contributed by atoms with Crippen LogP contribution in [0.25, 0.3) is 17.1 Å². The molecule has 0 radical (unpaired) electrons. The molecule has 0 saturated carbocycles. The fraction of sp³-hybridized carbons (Fsp3) is 0.0588. The molecule has 21 heavy (non-hydrogen) atoms. The normalized spacial score (nSPS) is 11.5. The summed E-state index contributed by atoms with van der Waals surface area (Å²) < 4.78 is 14.8. The second-order valence-electron chi connectivity index (χ2n) is 4.69. The average molecular weight is 277 g/mol. The summed E-state index contributed by atoms with van der Waals surface area (Å²) in [5.74, 6) is -0.286. The minimum atomic E-state index is -0.286. The highest BCUT2D eigenvalue weighted by atomic mass is 19.1. The first-order chi connectivity index (χ1) is 10.3. The molecule has 102 valence electrons. The molecule has 0 N–H and O–H groups in total. The number of hydrogen-bond acceptors (Lipinski definition) is 2. The Hall–Kier alpha value is -2.93. The van der Waals surface area contributed by atoms with Gasteiger partial charge in [0.05, 0.1) is 30.0 Å². The van der Waals surface area contributed by atoms with Crippen molar-refractivity contribution in [2.24, 2.45) is 0 Å². The van der Waals surface area contributed by atoms with E-state index in [9.17, 15) is 9.65 Å². The van der Waals surface area contributed by atoms with E-state index in [1.54, 1.807) is 24.5 Å². The number of fused-ring (bicyclic) bond motifs is 1. The Kier molecular flexibility index (Phi) is 3.48. The van der Waals surface area contributed by atoms with Crippen LogP contribution in [0.1, 0.15) is 5.56 Å². The molecule has 3 nitrogen and oxygen atoms in total. The van der Waals surface area contributed by atoms with Crippen LogP contribution in [0, 0.1) is 17.1 Å². The monoisotopic (exact) mass is 277 g/mol. The van der Waals surface area contributed by atoms with Gasteiger partial charge in [-0.3, -0.25) is 0 Å². The summed E-state index contributed by atoms with van der Waals surface area (Å²) >= 11 is 0. The van der Waals surface area contributed by atoms with Crippen molar-refractivity contribution in [1.82, 2.24) is 9.55 Å². The third kappa shape index (κ3) is 2.82. The first kappa shape index (κ1) is 13.1. The van der Waals surface area contributed by atoms with Gasteiger partial charge in [0.15, 0.2) is 0 Å². The zero-order valence-corrected chi connectivity index (χ0v) is 11.2. The fourth-order valence-electron chi connectivity index (χ4n) is 2.19. The molecule has 1 aromatic heterocycles. The lowest BCUT2D eigenvalue weighted by atomic mass is 10.1. The molecule has 0 fully saturated rings. The Balaban J connectivity index is 1.91. The quantitative estimate of drug-likeness (QED) is 0.684. The van der Waals surface area contributed by atoms with Crippen molar-refractivity contribution in [3.8, 4) is 6.07 Å². The van der Waals surface area contributed by atoms with Crippen molar-refractivity contribution < 1.29 is 4.39 Å². The summed E-state index contributed by atoms with van der Waals surface area (Å²) in [6, 6.07) is 16.0. The van der Waals surface area contributed by atoms with Crippen LogP contribution in [0.3, 0.4) is 0 Å². The van der Waals surface area contributed by atoms with Crippen LogP contribution in [-0.4, -0.2) is 9.55 Å². The number of aromatic nitrogens is 2. The lowest BCUT2D eigenvalue weighted by Gasteiger charge is -2.03. The van der Waals surface area contributed by atoms with Gasteiger partial charge in [-0.15, -0.1) is 0 Å². The van der Waals surface area contributed by atoms with E-state index in [-0.39, 0.29) is 5.82 Å².